The van der Waals surface area contributed by atoms with Crippen LogP contribution in [0.5, 0.6) is 5.75 Å². The van der Waals surface area contributed by atoms with E-state index in [2.05, 4.69) is 56.8 Å². The highest BCUT2D eigenvalue weighted by atomic mass is 32.1. The van der Waals surface area contributed by atoms with Gasteiger partial charge in [0.25, 0.3) is 0 Å². The summed E-state index contributed by atoms with van der Waals surface area (Å²) in [4.78, 5) is 11.5. The molecule has 5 rings (SSSR count). The molecule has 1 fully saturated rings. The van der Waals surface area contributed by atoms with Gasteiger partial charge >= 0.3 is 0 Å². The molecule has 7 heteroatoms. The van der Waals surface area contributed by atoms with E-state index in [0.717, 1.165) is 39.9 Å². The monoisotopic (exact) mass is 469 g/mol. The number of pyridine rings is 2. The second-order valence-electron chi connectivity index (χ2n) is 8.55. The van der Waals surface area contributed by atoms with Crippen LogP contribution in [0, 0.1) is 20.8 Å². The number of methoxy groups -OCH3 is 1. The number of anilines is 1. The van der Waals surface area contributed by atoms with Gasteiger partial charge in [0.1, 0.15) is 11.6 Å². The van der Waals surface area contributed by atoms with Gasteiger partial charge in [-0.15, -0.1) is 0 Å². The summed E-state index contributed by atoms with van der Waals surface area (Å²) in [5.41, 5.74) is 6.52. The molecule has 0 saturated carbocycles. The molecular formula is C27H27N5OS. The Bertz CT molecular complexity index is 1320. The minimum atomic E-state index is -0.101. The zero-order valence-electron chi connectivity index (χ0n) is 19.7. The molecule has 0 bridgehead atoms. The number of nitrogens with zero attached hydrogens (tertiary/aromatic N) is 4. The quantitative estimate of drug-likeness (QED) is 0.396. The normalized spacial score (nSPS) is 17.6. The molecule has 1 N–H and O–H groups in total. The van der Waals surface area contributed by atoms with Crippen LogP contribution in [0.15, 0.2) is 73.1 Å². The molecule has 4 aromatic rings. The third-order valence-corrected chi connectivity index (χ3v) is 6.68. The Morgan fingerprint density at radius 3 is 2.41 bits per heavy atom. The zero-order chi connectivity index (χ0) is 23.8. The number of benzene rings is 1. The first-order valence-electron chi connectivity index (χ1n) is 11.2. The van der Waals surface area contributed by atoms with Crippen molar-refractivity contribution in [2.24, 2.45) is 0 Å². The van der Waals surface area contributed by atoms with E-state index in [0.29, 0.717) is 5.11 Å². The predicted octanol–water partition coefficient (Wildman–Crippen LogP) is 5.38. The molecule has 34 heavy (non-hydrogen) atoms. The Balaban J connectivity index is 1.66. The van der Waals surface area contributed by atoms with Gasteiger partial charge in [0, 0.05) is 29.5 Å². The van der Waals surface area contributed by atoms with Gasteiger partial charge in [0.15, 0.2) is 5.11 Å². The number of nitrogens with one attached hydrogen (secondary N) is 1. The van der Waals surface area contributed by atoms with Gasteiger partial charge in [-0.1, -0.05) is 12.1 Å². The molecule has 4 heterocycles. The lowest BCUT2D eigenvalue weighted by Gasteiger charge is -2.28. The molecule has 1 aromatic carbocycles. The highest BCUT2D eigenvalue weighted by Crippen LogP contribution is 2.43. The smallest absolute Gasteiger partial charge is 0.174 e. The van der Waals surface area contributed by atoms with Crippen LogP contribution in [0.3, 0.4) is 0 Å². The summed E-state index contributed by atoms with van der Waals surface area (Å²) in [5.74, 6) is 1.72. The van der Waals surface area contributed by atoms with Gasteiger partial charge in [-0.2, -0.15) is 0 Å². The number of aromatic nitrogens is 3. The highest BCUT2D eigenvalue weighted by Gasteiger charge is 2.42. The topological polar surface area (TPSA) is 55.2 Å². The fourth-order valence-electron chi connectivity index (χ4n) is 4.72. The molecule has 0 amide bonds. The lowest BCUT2D eigenvalue weighted by atomic mass is 9.96. The van der Waals surface area contributed by atoms with E-state index in [-0.39, 0.29) is 12.1 Å². The number of hydrogen-bond donors (Lipinski definition) is 1. The number of thiocarbonyl (C=S) groups is 1. The number of rotatable bonds is 5. The maximum atomic E-state index is 5.87. The van der Waals surface area contributed by atoms with E-state index in [1.165, 1.54) is 5.56 Å². The van der Waals surface area contributed by atoms with Gasteiger partial charge in [-0.25, -0.2) is 4.98 Å². The van der Waals surface area contributed by atoms with Gasteiger partial charge in [0.2, 0.25) is 0 Å². The third kappa shape index (κ3) is 3.82. The second-order valence-corrected chi connectivity index (χ2v) is 8.94. The molecule has 0 spiro atoms. The van der Waals surface area contributed by atoms with Crippen molar-refractivity contribution in [2.45, 2.75) is 32.9 Å². The van der Waals surface area contributed by atoms with Crippen LogP contribution in [0.2, 0.25) is 0 Å². The lowest BCUT2D eigenvalue weighted by molar-refractivity contribution is 0.415. The van der Waals surface area contributed by atoms with Crippen LogP contribution in [-0.2, 0) is 0 Å². The van der Waals surface area contributed by atoms with Crippen LogP contribution in [0.4, 0.5) is 5.69 Å². The summed E-state index contributed by atoms with van der Waals surface area (Å²) >= 11 is 5.87. The number of hydrogen-bond acceptors (Lipinski definition) is 4. The van der Waals surface area contributed by atoms with E-state index < -0.39 is 0 Å². The summed E-state index contributed by atoms with van der Waals surface area (Å²) < 4.78 is 7.58. The number of ether oxygens (including phenoxy) is 1. The minimum absolute atomic E-state index is 0.0822. The second kappa shape index (κ2) is 8.91. The summed E-state index contributed by atoms with van der Waals surface area (Å²) in [7, 11) is 1.67. The fraction of sp³-hybridized carbons (Fsp3) is 0.222. The molecule has 0 unspecified atom stereocenters. The van der Waals surface area contributed by atoms with Crippen molar-refractivity contribution in [1.29, 1.82) is 0 Å². The fourth-order valence-corrected chi connectivity index (χ4v) is 5.07. The maximum absolute atomic E-state index is 5.87. The summed E-state index contributed by atoms with van der Waals surface area (Å²) in [6, 6.07) is 20.2. The van der Waals surface area contributed by atoms with E-state index in [9.17, 15) is 0 Å². The molecule has 0 radical (unpaired) electrons. The van der Waals surface area contributed by atoms with Gasteiger partial charge < -0.3 is 19.5 Å². The van der Waals surface area contributed by atoms with Crippen molar-refractivity contribution in [2.75, 3.05) is 12.0 Å². The standard InChI is InChI=1S/C27H27N5OS/c1-17-8-13-24(29-16-17)31-18(2)15-22(19(31)3)26-25(23-7-5-6-14-28-23)30-27(34)32(26)20-9-11-21(33-4)12-10-20/h5-16,25-26H,1-4H3,(H,30,34)/t25-,26-/m1/s1. The van der Waals surface area contributed by atoms with Gasteiger partial charge in [-0.3, -0.25) is 4.98 Å². The average molecular weight is 470 g/mol. The summed E-state index contributed by atoms with van der Waals surface area (Å²) in [6.45, 7) is 6.31. The Hall–Kier alpha value is -3.71. The molecule has 172 valence electrons. The number of aryl methyl sites for hydroxylation is 2. The molecule has 6 nitrogen and oxygen atoms in total. The van der Waals surface area contributed by atoms with Gasteiger partial charge in [-0.05, 0) is 92.6 Å². The Morgan fingerprint density at radius 2 is 1.76 bits per heavy atom. The first-order valence-corrected chi connectivity index (χ1v) is 11.7. The molecular weight excluding hydrogens is 442 g/mol. The summed E-state index contributed by atoms with van der Waals surface area (Å²) in [6.07, 6.45) is 3.73. The largest absolute Gasteiger partial charge is 0.497 e. The Morgan fingerprint density at radius 1 is 0.971 bits per heavy atom. The highest BCUT2D eigenvalue weighted by molar-refractivity contribution is 7.80. The van der Waals surface area contributed by atoms with Crippen LogP contribution in [-0.4, -0.2) is 26.8 Å². The van der Waals surface area contributed by atoms with E-state index >= 15 is 0 Å². The first kappa shape index (κ1) is 22.1. The van der Waals surface area contributed by atoms with E-state index in [1.807, 2.05) is 61.8 Å². The predicted molar refractivity (Wildman–Crippen MR) is 139 cm³/mol. The molecule has 1 saturated heterocycles. The van der Waals surface area contributed by atoms with Crippen molar-refractivity contribution in [1.82, 2.24) is 19.9 Å². The van der Waals surface area contributed by atoms with Crippen LogP contribution in [0.25, 0.3) is 5.82 Å². The average Bonchev–Trinajstić information content (AvgIpc) is 3.35. The van der Waals surface area contributed by atoms with Crippen LogP contribution >= 0.6 is 12.2 Å². The summed E-state index contributed by atoms with van der Waals surface area (Å²) in [5, 5.41) is 4.21. The minimum Gasteiger partial charge on any atom is -0.497 e. The van der Waals surface area contributed by atoms with Crippen LogP contribution in [0.1, 0.15) is 40.3 Å². The van der Waals surface area contributed by atoms with E-state index in [1.54, 1.807) is 7.11 Å². The zero-order valence-corrected chi connectivity index (χ0v) is 20.5. The Labute approximate surface area is 205 Å². The first-order chi connectivity index (χ1) is 16.5. The SMILES string of the molecule is COc1ccc(N2C(=S)N[C@H](c3ccccn3)[C@H]2c2cc(C)n(-c3ccc(C)cn3)c2C)cc1. The Kier molecular flexibility index (Phi) is 5.79. The van der Waals surface area contributed by atoms with Crippen molar-refractivity contribution in [3.63, 3.8) is 0 Å². The maximum Gasteiger partial charge on any atom is 0.174 e. The molecule has 3 aromatic heterocycles. The van der Waals surface area contributed by atoms with Crippen molar-refractivity contribution < 1.29 is 4.74 Å². The molecule has 1 aliphatic rings. The third-order valence-electron chi connectivity index (χ3n) is 6.36. The molecule has 0 aliphatic carbocycles. The molecule has 1 aliphatic heterocycles. The molecule has 2 atom stereocenters. The lowest BCUT2D eigenvalue weighted by Crippen LogP contribution is -2.29. The van der Waals surface area contributed by atoms with Crippen molar-refractivity contribution in [3.05, 3.63) is 101 Å². The van der Waals surface area contributed by atoms with Gasteiger partial charge in [0.05, 0.1) is 24.9 Å². The van der Waals surface area contributed by atoms with Crippen LogP contribution < -0.4 is 15.0 Å². The van der Waals surface area contributed by atoms with E-state index in [4.69, 9.17) is 17.0 Å². The van der Waals surface area contributed by atoms with Crippen molar-refractivity contribution in [3.8, 4) is 11.6 Å². The van der Waals surface area contributed by atoms with Crippen molar-refractivity contribution >= 4 is 23.0 Å².